The lowest BCUT2D eigenvalue weighted by atomic mass is 10.2. The van der Waals surface area contributed by atoms with Crippen LogP contribution in [0, 0.1) is 0 Å². The Morgan fingerprint density at radius 2 is 1.96 bits per heavy atom. The van der Waals surface area contributed by atoms with Crippen molar-refractivity contribution in [3.8, 4) is 5.75 Å². The summed E-state index contributed by atoms with van der Waals surface area (Å²) in [6.45, 7) is -0.940. The quantitative estimate of drug-likeness (QED) is 0.812. The van der Waals surface area contributed by atoms with Crippen LogP contribution in [0.25, 0.3) is 0 Å². The third-order valence-electron chi connectivity index (χ3n) is 3.85. The third kappa shape index (κ3) is 5.93. The highest BCUT2D eigenvalue weighted by atomic mass is 19.4. The van der Waals surface area contributed by atoms with Gasteiger partial charge in [-0.25, -0.2) is 0 Å². The van der Waals surface area contributed by atoms with E-state index in [9.17, 15) is 22.8 Å². The summed E-state index contributed by atoms with van der Waals surface area (Å²) in [5.41, 5.74) is 0.572. The highest BCUT2D eigenvalue weighted by Crippen LogP contribution is 2.19. The topological polar surface area (TPSA) is 70.7 Å². The molecular weight excluding hydrogens is 339 g/mol. The zero-order chi connectivity index (χ0) is 18.4. The van der Waals surface area contributed by atoms with Gasteiger partial charge < -0.3 is 15.4 Å². The Labute approximate surface area is 143 Å². The number of nitrogens with one attached hydrogen (secondary N) is 2. The van der Waals surface area contributed by atoms with Crippen LogP contribution in [0.15, 0.2) is 24.3 Å². The van der Waals surface area contributed by atoms with Crippen molar-refractivity contribution in [2.75, 3.05) is 32.1 Å². The molecular formula is C16H20F3N3O3. The number of anilines is 1. The van der Waals surface area contributed by atoms with Gasteiger partial charge in [0.2, 0.25) is 11.8 Å². The number of carbonyl (C=O) groups is 2. The monoisotopic (exact) mass is 359 g/mol. The van der Waals surface area contributed by atoms with Crippen molar-refractivity contribution < 1.29 is 27.5 Å². The molecule has 1 aromatic carbocycles. The lowest BCUT2D eigenvalue weighted by Gasteiger charge is -2.23. The summed E-state index contributed by atoms with van der Waals surface area (Å²) >= 11 is 0. The second-order valence-corrected chi connectivity index (χ2v) is 5.74. The number of rotatable bonds is 6. The molecule has 1 aromatic rings. The predicted molar refractivity (Wildman–Crippen MR) is 85.3 cm³/mol. The Kier molecular flexibility index (Phi) is 6.24. The molecule has 0 spiro atoms. The fourth-order valence-electron chi connectivity index (χ4n) is 2.68. The number of carbonyl (C=O) groups excluding carboxylic acids is 2. The number of hydrogen-bond acceptors (Lipinski definition) is 4. The molecule has 1 aliphatic rings. The third-order valence-corrected chi connectivity index (χ3v) is 3.85. The van der Waals surface area contributed by atoms with Gasteiger partial charge in [0.05, 0.1) is 19.7 Å². The number of nitrogens with zero attached hydrogens (tertiary/aromatic N) is 1. The zero-order valence-corrected chi connectivity index (χ0v) is 13.7. The molecule has 6 nitrogen and oxygen atoms in total. The molecule has 25 heavy (non-hydrogen) atoms. The van der Waals surface area contributed by atoms with Crippen molar-refractivity contribution in [1.29, 1.82) is 0 Å². The molecule has 9 heteroatoms. The van der Waals surface area contributed by atoms with Crippen LogP contribution < -0.4 is 15.4 Å². The fourth-order valence-corrected chi connectivity index (χ4v) is 2.68. The Bertz CT molecular complexity index is 605. The Balaban J connectivity index is 1.86. The Morgan fingerprint density at radius 3 is 2.56 bits per heavy atom. The van der Waals surface area contributed by atoms with Gasteiger partial charge in [-0.15, -0.1) is 0 Å². The first-order valence-electron chi connectivity index (χ1n) is 7.81. The van der Waals surface area contributed by atoms with E-state index in [2.05, 4.69) is 5.32 Å². The molecule has 2 N–H and O–H groups in total. The van der Waals surface area contributed by atoms with Crippen molar-refractivity contribution >= 4 is 17.5 Å². The molecule has 1 aliphatic heterocycles. The van der Waals surface area contributed by atoms with E-state index in [1.54, 1.807) is 29.2 Å². The molecule has 0 saturated carbocycles. The van der Waals surface area contributed by atoms with Gasteiger partial charge in [0.25, 0.3) is 0 Å². The van der Waals surface area contributed by atoms with Crippen molar-refractivity contribution in [1.82, 2.24) is 10.2 Å². The summed E-state index contributed by atoms with van der Waals surface area (Å²) in [5, 5.41) is 4.57. The minimum Gasteiger partial charge on any atom is -0.497 e. The van der Waals surface area contributed by atoms with Gasteiger partial charge in [-0.3, -0.25) is 14.5 Å². The molecule has 0 unspecified atom stereocenters. The van der Waals surface area contributed by atoms with Gasteiger partial charge in [-0.1, -0.05) is 0 Å². The van der Waals surface area contributed by atoms with Crippen molar-refractivity contribution in [3.05, 3.63) is 24.3 Å². The maximum atomic E-state index is 12.2. The average molecular weight is 359 g/mol. The number of ether oxygens (including phenoxy) is 1. The van der Waals surface area contributed by atoms with Crippen LogP contribution in [0.3, 0.4) is 0 Å². The summed E-state index contributed by atoms with van der Waals surface area (Å²) in [6.07, 6.45) is -3.37. The largest absolute Gasteiger partial charge is 0.497 e. The van der Waals surface area contributed by atoms with Crippen molar-refractivity contribution in [3.63, 3.8) is 0 Å². The van der Waals surface area contributed by atoms with Crippen LogP contribution in [0.1, 0.15) is 12.8 Å². The van der Waals surface area contributed by atoms with Crippen LogP contribution in [-0.2, 0) is 9.59 Å². The van der Waals surface area contributed by atoms with Gasteiger partial charge in [0, 0.05) is 5.69 Å². The van der Waals surface area contributed by atoms with E-state index in [-0.39, 0.29) is 12.5 Å². The highest BCUT2D eigenvalue weighted by Gasteiger charge is 2.34. The number of halogens is 3. The number of amides is 2. The lowest BCUT2D eigenvalue weighted by molar-refractivity contribution is -0.141. The molecule has 0 bridgehead atoms. The van der Waals surface area contributed by atoms with Gasteiger partial charge in [-0.2, -0.15) is 13.2 Å². The average Bonchev–Trinajstić information content (AvgIpc) is 3.00. The Morgan fingerprint density at radius 1 is 1.28 bits per heavy atom. The minimum absolute atomic E-state index is 0.0594. The molecule has 2 amide bonds. The first-order valence-corrected chi connectivity index (χ1v) is 7.81. The maximum Gasteiger partial charge on any atom is 0.405 e. The molecule has 0 radical (unpaired) electrons. The maximum absolute atomic E-state index is 12.2. The van der Waals surface area contributed by atoms with E-state index in [4.69, 9.17) is 4.74 Å². The number of likely N-dealkylation sites (tertiary alicyclic amines) is 1. The number of benzene rings is 1. The van der Waals surface area contributed by atoms with Gasteiger partial charge in [-0.05, 0) is 43.7 Å². The lowest BCUT2D eigenvalue weighted by Crippen LogP contribution is -2.47. The van der Waals surface area contributed by atoms with Crippen LogP contribution >= 0.6 is 0 Å². The standard InChI is InChI=1S/C16H20F3N3O3/c1-25-12-6-4-11(5-7-12)21-14(23)9-22-8-2-3-13(22)15(24)20-10-16(17,18)19/h4-7,13H,2-3,8-10H2,1H3,(H,20,24)(H,21,23)/t13-/m0/s1. The van der Waals surface area contributed by atoms with Crippen LogP contribution in [0.5, 0.6) is 5.75 Å². The van der Waals surface area contributed by atoms with E-state index in [0.29, 0.717) is 30.8 Å². The molecule has 1 fully saturated rings. The number of alkyl halides is 3. The minimum atomic E-state index is -4.45. The van der Waals surface area contributed by atoms with E-state index in [0.717, 1.165) is 0 Å². The molecule has 138 valence electrons. The summed E-state index contributed by atoms with van der Waals surface area (Å²) in [7, 11) is 1.53. The summed E-state index contributed by atoms with van der Waals surface area (Å²) in [6, 6.07) is 6.02. The second-order valence-electron chi connectivity index (χ2n) is 5.74. The summed E-state index contributed by atoms with van der Waals surface area (Å²) < 4.78 is 41.6. The first kappa shape index (κ1) is 19.0. The van der Waals surface area contributed by atoms with Gasteiger partial charge in [0.1, 0.15) is 12.3 Å². The van der Waals surface area contributed by atoms with E-state index < -0.39 is 24.7 Å². The fraction of sp³-hybridized carbons (Fsp3) is 0.500. The van der Waals surface area contributed by atoms with Crippen LogP contribution in [-0.4, -0.2) is 55.7 Å². The molecule has 0 aliphatic carbocycles. The molecule has 1 heterocycles. The normalized spacial score (nSPS) is 18.0. The molecule has 1 saturated heterocycles. The van der Waals surface area contributed by atoms with Crippen molar-refractivity contribution in [2.45, 2.75) is 25.1 Å². The van der Waals surface area contributed by atoms with Gasteiger partial charge in [0.15, 0.2) is 0 Å². The van der Waals surface area contributed by atoms with Crippen LogP contribution in [0.2, 0.25) is 0 Å². The highest BCUT2D eigenvalue weighted by molar-refractivity contribution is 5.93. The van der Waals surface area contributed by atoms with Crippen LogP contribution in [0.4, 0.5) is 18.9 Å². The van der Waals surface area contributed by atoms with E-state index in [1.165, 1.54) is 7.11 Å². The number of methoxy groups -OCH3 is 1. The smallest absolute Gasteiger partial charge is 0.405 e. The van der Waals surface area contributed by atoms with Gasteiger partial charge >= 0.3 is 6.18 Å². The van der Waals surface area contributed by atoms with Crippen molar-refractivity contribution in [2.24, 2.45) is 0 Å². The predicted octanol–water partition coefficient (Wildman–Crippen LogP) is 1.78. The van der Waals surface area contributed by atoms with E-state index >= 15 is 0 Å². The first-order chi connectivity index (χ1) is 11.8. The molecule has 0 aromatic heterocycles. The molecule has 1 atom stereocenters. The zero-order valence-electron chi connectivity index (χ0n) is 13.7. The Hall–Kier alpha value is -2.29. The van der Waals surface area contributed by atoms with E-state index in [1.807, 2.05) is 5.32 Å². The summed E-state index contributed by atoms with van der Waals surface area (Å²) in [5.74, 6) is -0.383. The second kappa shape index (κ2) is 8.19. The number of hydrogen-bond donors (Lipinski definition) is 2. The summed E-state index contributed by atoms with van der Waals surface area (Å²) in [4.78, 5) is 25.6. The molecule has 2 rings (SSSR count). The SMILES string of the molecule is COc1ccc(NC(=O)CN2CCC[C@H]2C(=O)NCC(F)(F)F)cc1.